The third kappa shape index (κ3) is 3.08. The number of aryl methyl sites for hydroxylation is 1. The summed E-state index contributed by atoms with van der Waals surface area (Å²) < 4.78 is 40.4. The summed E-state index contributed by atoms with van der Waals surface area (Å²) in [4.78, 5) is 31.9. The molecule has 0 aliphatic carbocycles. The predicted octanol–water partition coefficient (Wildman–Crippen LogP) is 4.84. The van der Waals surface area contributed by atoms with Crippen molar-refractivity contribution in [3.8, 4) is 12.1 Å². The first-order chi connectivity index (χ1) is 16.7. The minimum absolute atomic E-state index is 0.000693. The molecule has 35 heavy (non-hydrogen) atoms. The van der Waals surface area contributed by atoms with Crippen LogP contribution in [0.5, 0.6) is 0 Å². The molecule has 10 nitrogen and oxygen atoms in total. The first-order valence-electron chi connectivity index (χ1n) is 9.50. The highest BCUT2D eigenvalue weighted by molar-refractivity contribution is 6.19. The molecule has 5 rings (SSSR count). The van der Waals surface area contributed by atoms with Crippen molar-refractivity contribution >= 4 is 55.8 Å². The van der Waals surface area contributed by atoms with Gasteiger partial charge in [-0.25, -0.2) is 19.9 Å². The van der Waals surface area contributed by atoms with Gasteiger partial charge in [0.2, 0.25) is 11.0 Å². The van der Waals surface area contributed by atoms with E-state index < -0.39 is 11.7 Å². The van der Waals surface area contributed by atoms with Crippen LogP contribution in [0.4, 0.5) is 24.8 Å². The zero-order valence-corrected chi connectivity index (χ0v) is 17.3. The lowest BCUT2D eigenvalue weighted by molar-refractivity contribution is -0.137. The van der Waals surface area contributed by atoms with Crippen LogP contribution in [0.3, 0.4) is 0 Å². The molecule has 0 aliphatic heterocycles. The van der Waals surface area contributed by atoms with Gasteiger partial charge >= 0.3 is 6.18 Å². The van der Waals surface area contributed by atoms with Gasteiger partial charge in [-0.05, 0) is 24.6 Å². The van der Waals surface area contributed by atoms with Crippen LogP contribution in [0.15, 0.2) is 12.1 Å². The Morgan fingerprint density at radius 1 is 0.714 bits per heavy atom. The summed E-state index contributed by atoms with van der Waals surface area (Å²) in [5.41, 5.74) is -1.76. The van der Waals surface area contributed by atoms with E-state index in [2.05, 4.69) is 39.6 Å². The maximum absolute atomic E-state index is 13.5. The smallest absolute Gasteiger partial charge is 0.370 e. The fraction of sp³-hybridized carbons (Fsp3) is 0.0909. The quantitative estimate of drug-likeness (QED) is 0.180. The number of hydrogen-bond acceptors (Lipinski definition) is 8. The molecule has 0 aliphatic rings. The van der Waals surface area contributed by atoms with Gasteiger partial charge in [-0.1, -0.05) is 13.1 Å². The van der Waals surface area contributed by atoms with Gasteiger partial charge in [-0.2, -0.15) is 23.7 Å². The number of benzene rings is 2. The zero-order chi connectivity index (χ0) is 25.1. The number of hydrogen-bond donors (Lipinski definition) is 0. The van der Waals surface area contributed by atoms with Gasteiger partial charge in [-0.3, -0.25) is 0 Å². The van der Waals surface area contributed by atoms with Crippen LogP contribution >= 0.6 is 0 Å². The maximum Gasteiger partial charge on any atom is 0.416 e. The van der Waals surface area contributed by atoms with Crippen LogP contribution in [-0.2, 0) is 6.18 Å². The van der Waals surface area contributed by atoms with Gasteiger partial charge in [0.15, 0.2) is 11.4 Å². The highest BCUT2D eigenvalue weighted by Gasteiger charge is 2.33. The van der Waals surface area contributed by atoms with Crippen molar-refractivity contribution in [2.45, 2.75) is 13.1 Å². The van der Waals surface area contributed by atoms with E-state index in [1.165, 1.54) is 13.0 Å². The summed E-state index contributed by atoms with van der Waals surface area (Å²) in [6.45, 7) is 15.9. The zero-order valence-electron chi connectivity index (χ0n) is 17.3. The molecule has 0 N–H and O–H groups in total. The first-order valence-corrected chi connectivity index (χ1v) is 9.50. The molecule has 13 heteroatoms. The Balaban J connectivity index is 2.08. The Labute approximate surface area is 192 Å². The van der Waals surface area contributed by atoms with Crippen LogP contribution in [0.2, 0.25) is 0 Å². The predicted molar refractivity (Wildman–Crippen MR) is 115 cm³/mol. The van der Waals surface area contributed by atoms with Gasteiger partial charge in [0.25, 0.3) is 11.6 Å². The normalized spacial score (nSPS) is 11.3. The number of fused-ring (bicyclic) bond motifs is 7. The van der Waals surface area contributed by atoms with Crippen molar-refractivity contribution in [1.82, 2.24) is 29.9 Å². The Kier molecular flexibility index (Phi) is 4.41. The average molecular weight is 466 g/mol. The lowest BCUT2D eigenvalue weighted by atomic mass is 10.1. The van der Waals surface area contributed by atoms with Crippen LogP contribution in [0.1, 0.15) is 22.5 Å². The number of alkyl halides is 3. The van der Waals surface area contributed by atoms with E-state index in [0.717, 1.165) is 6.07 Å². The molecule has 164 valence electrons. The number of nitriles is 2. The molecular formula is C22H5F3N10. The Morgan fingerprint density at radius 3 is 1.51 bits per heavy atom. The van der Waals surface area contributed by atoms with E-state index in [-0.39, 0.29) is 72.7 Å². The third-order valence-corrected chi connectivity index (χ3v) is 5.17. The topological polar surface area (TPSA) is 134 Å². The van der Waals surface area contributed by atoms with E-state index in [0.29, 0.717) is 0 Å². The van der Waals surface area contributed by atoms with Crippen molar-refractivity contribution in [1.29, 1.82) is 10.5 Å². The summed E-state index contributed by atoms with van der Waals surface area (Å²) in [5, 5.41) is 18.8. The molecular weight excluding hydrogens is 461 g/mol. The van der Waals surface area contributed by atoms with Gasteiger partial charge in [0.05, 0.1) is 16.6 Å². The number of halogens is 3. The molecule has 0 bridgehead atoms. The second kappa shape index (κ2) is 7.24. The summed E-state index contributed by atoms with van der Waals surface area (Å²) >= 11 is 0. The summed E-state index contributed by atoms with van der Waals surface area (Å²) in [5.74, 6) is -0.641. The van der Waals surface area contributed by atoms with Gasteiger partial charge < -0.3 is 9.69 Å². The van der Waals surface area contributed by atoms with Gasteiger partial charge in [-0.15, -0.1) is 9.97 Å². The minimum atomic E-state index is -4.62. The second-order valence-corrected chi connectivity index (χ2v) is 7.21. The van der Waals surface area contributed by atoms with Crippen molar-refractivity contribution in [3.63, 3.8) is 0 Å². The molecule has 0 fully saturated rings. The van der Waals surface area contributed by atoms with Crippen molar-refractivity contribution in [2.75, 3.05) is 0 Å². The van der Waals surface area contributed by atoms with Crippen molar-refractivity contribution < 1.29 is 13.2 Å². The van der Waals surface area contributed by atoms with Crippen LogP contribution in [0.25, 0.3) is 53.8 Å². The maximum atomic E-state index is 13.5. The highest BCUT2D eigenvalue weighted by atomic mass is 19.4. The minimum Gasteiger partial charge on any atom is -0.370 e. The number of rotatable bonds is 0. The Morgan fingerprint density at radius 2 is 1.11 bits per heavy atom. The Hall–Kier alpha value is -5.53. The van der Waals surface area contributed by atoms with Crippen molar-refractivity contribution in [3.05, 3.63) is 57.5 Å². The monoisotopic (exact) mass is 466 g/mol. The molecule has 0 saturated carbocycles. The fourth-order valence-electron chi connectivity index (χ4n) is 3.66. The van der Waals surface area contributed by atoms with Gasteiger partial charge in [0, 0.05) is 0 Å². The van der Waals surface area contributed by atoms with E-state index in [4.69, 9.17) is 13.1 Å². The standard InChI is InChI=1S/C22H5F3N10/c1-8-4-10-11(5-9(8)22(23,24)25)31-14-15-17(33-13(7-27)12(6-26)32-15)19-18(16(14)30-10)34-20(28-2)21(29-3)35-19/h4-5H,1H3. The van der Waals surface area contributed by atoms with E-state index in [1.807, 2.05) is 0 Å². The van der Waals surface area contributed by atoms with Crippen LogP contribution < -0.4 is 0 Å². The lowest BCUT2D eigenvalue weighted by Gasteiger charge is -2.12. The van der Waals surface area contributed by atoms with E-state index in [9.17, 15) is 23.7 Å². The Bertz CT molecular complexity index is 1950. The molecule has 3 aromatic heterocycles. The highest BCUT2D eigenvalue weighted by Crippen LogP contribution is 2.37. The molecule has 0 saturated heterocycles. The number of aromatic nitrogens is 6. The molecule has 0 atom stereocenters. The molecule has 3 heterocycles. The molecule has 2 aromatic carbocycles. The SMILES string of the molecule is [C-]#[N+]c1nc2c3nc(C#N)c(C#N)nc3c3nc4cc(C(F)(F)F)c(C)cc4nc3c2nc1[N+]#[C-]. The van der Waals surface area contributed by atoms with Gasteiger partial charge in [0.1, 0.15) is 34.2 Å². The van der Waals surface area contributed by atoms with Crippen LogP contribution in [0, 0.1) is 42.7 Å². The fourth-order valence-corrected chi connectivity index (χ4v) is 3.66. The van der Waals surface area contributed by atoms with Crippen LogP contribution in [-0.4, -0.2) is 29.9 Å². The molecule has 0 unspecified atom stereocenters. The lowest BCUT2D eigenvalue weighted by Crippen LogP contribution is -2.08. The van der Waals surface area contributed by atoms with Crippen molar-refractivity contribution in [2.24, 2.45) is 0 Å². The third-order valence-electron chi connectivity index (χ3n) is 5.17. The number of nitrogens with zero attached hydrogens (tertiary/aromatic N) is 10. The summed E-state index contributed by atoms with van der Waals surface area (Å²) in [7, 11) is 0. The summed E-state index contributed by atoms with van der Waals surface area (Å²) in [6, 6.07) is 5.58. The summed E-state index contributed by atoms with van der Waals surface area (Å²) in [6.07, 6.45) is -4.62. The molecule has 5 aromatic rings. The molecule has 0 amide bonds. The second-order valence-electron chi connectivity index (χ2n) is 7.21. The average Bonchev–Trinajstić information content (AvgIpc) is 2.85. The molecule has 0 radical (unpaired) electrons. The van der Waals surface area contributed by atoms with E-state index in [1.54, 1.807) is 12.1 Å². The van der Waals surface area contributed by atoms with E-state index >= 15 is 0 Å². The first kappa shape index (κ1) is 21.3. The largest absolute Gasteiger partial charge is 0.416 e. The molecule has 0 spiro atoms.